The van der Waals surface area contributed by atoms with E-state index in [9.17, 15) is 4.79 Å². The molecule has 1 saturated heterocycles. The molecule has 1 aromatic rings. The lowest BCUT2D eigenvalue weighted by Gasteiger charge is -2.21. The first-order valence-electron chi connectivity index (χ1n) is 5.38. The Balaban J connectivity index is 2.10. The summed E-state index contributed by atoms with van der Waals surface area (Å²) < 4.78 is 1.07. The lowest BCUT2D eigenvalue weighted by molar-refractivity contribution is -0.123. The average Bonchev–Trinajstić information content (AvgIpc) is 2.70. The molecule has 3 nitrogen and oxygen atoms in total. The van der Waals surface area contributed by atoms with Crippen LogP contribution in [0.25, 0.3) is 0 Å². The molecule has 1 atom stereocenters. The molecule has 1 heterocycles. The number of rotatable bonds is 2. The van der Waals surface area contributed by atoms with E-state index in [0.717, 1.165) is 28.8 Å². The zero-order chi connectivity index (χ0) is 11.6. The molecular formula is C12H15IN2O. The van der Waals surface area contributed by atoms with Gasteiger partial charge < -0.3 is 10.6 Å². The van der Waals surface area contributed by atoms with Crippen molar-refractivity contribution >= 4 is 34.2 Å². The van der Waals surface area contributed by atoms with Crippen molar-refractivity contribution in [2.24, 2.45) is 5.41 Å². The third-order valence-electron chi connectivity index (χ3n) is 3.04. The SMILES string of the molecule is CC1(C(=O)Nc2ccccc2I)CCNC1. The van der Waals surface area contributed by atoms with E-state index in [0.29, 0.717) is 0 Å². The van der Waals surface area contributed by atoms with E-state index >= 15 is 0 Å². The molecule has 1 aromatic carbocycles. The average molecular weight is 330 g/mol. The zero-order valence-corrected chi connectivity index (χ0v) is 11.4. The van der Waals surface area contributed by atoms with Crippen LogP contribution < -0.4 is 10.6 Å². The standard InChI is InChI=1S/C12H15IN2O/c1-12(6-7-14-8-12)11(16)15-10-5-3-2-4-9(10)13/h2-5,14H,6-8H2,1H3,(H,15,16). The molecule has 1 fully saturated rings. The minimum absolute atomic E-state index is 0.113. The van der Waals surface area contributed by atoms with Gasteiger partial charge in [-0.25, -0.2) is 0 Å². The van der Waals surface area contributed by atoms with Gasteiger partial charge in [0.1, 0.15) is 0 Å². The van der Waals surface area contributed by atoms with Gasteiger partial charge >= 0.3 is 0 Å². The van der Waals surface area contributed by atoms with Crippen molar-refractivity contribution in [2.75, 3.05) is 18.4 Å². The number of nitrogens with one attached hydrogen (secondary N) is 2. The molecule has 0 bridgehead atoms. The lowest BCUT2D eigenvalue weighted by atomic mass is 9.89. The van der Waals surface area contributed by atoms with Crippen LogP contribution >= 0.6 is 22.6 Å². The Labute approximate surface area is 109 Å². The van der Waals surface area contributed by atoms with E-state index in [2.05, 4.69) is 33.2 Å². The number of carbonyl (C=O) groups is 1. The molecule has 0 aromatic heterocycles. The van der Waals surface area contributed by atoms with Gasteiger partial charge in [0.2, 0.25) is 5.91 Å². The van der Waals surface area contributed by atoms with E-state index in [-0.39, 0.29) is 11.3 Å². The summed E-state index contributed by atoms with van der Waals surface area (Å²) in [6, 6.07) is 7.83. The van der Waals surface area contributed by atoms with Gasteiger partial charge in [-0.05, 0) is 54.6 Å². The number of anilines is 1. The van der Waals surface area contributed by atoms with Crippen molar-refractivity contribution in [2.45, 2.75) is 13.3 Å². The van der Waals surface area contributed by atoms with Crippen LogP contribution in [0.5, 0.6) is 0 Å². The Bertz CT molecular complexity index is 400. The second-order valence-corrected chi connectivity index (χ2v) is 5.58. The second-order valence-electron chi connectivity index (χ2n) is 4.42. The van der Waals surface area contributed by atoms with Gasteiger partial charge in [-0.1, -0.05) is 12.1 Å². The summed E-state index contributed by atoms with van der Waals surface area (Å²) in [6.07, 6.45) is 0.905. The van der Waals surface area contributed by atoms with Gasteiger partial charge in [0, 0.05) is 10.1 Å². The Morgan fingerprint density at radius 3 is 2.88 bits per heavy atom. The number of hydrogen-bond donors (Lipinski definition) is 2. The predicted octanol–water partition coefficient (Wildman–Crippen LogP) is 2.23. The summed E-state index contributed by atoms with van der Waals surface area (Å²) in [7, 11) is 0. The third-order valence-corrected chi connectivity index (χ3v) is 3.98. The number of amides is 1. The Kier molecular flexibility index (Phi) is 3.49. The first kappa shape index (κ1) is 11.9. The van der Waals surface area contributed by atoms with Crippen LogP contribution in [0.2, 0.25) is 0 Å². The quantitative estimate of drug-likeness (QED) is 0.817. The van der Waals surface area contributed by atoms with Crippen LogP contribution in [0.4, 0.5) is 5.69 Å². The molecule has 16 heavy (non-hydrogen) atoms. The van der Waals surface area contributed by atoms with Crippen LogP contribution in [-0.2, 0) is 4.79 Å². The highest BCUT2D eigenvalue weighted by Gasteiger charge is 2.36. The minimum Gasteiger partial charge on any atom is -0.325 e. The normalized spacial score (nSPS) is 24.4. The van der Waals surface area contributed by atoms with E-state index in [1.54, 1.807) is 0 Å². The van der Waals surface area contributed by atoms with Crippen molar-refractivity contribution < 1.29 is 4.79 Å². The van der Waals surface area contributed by atoms with Gasteiger partial charge in [0.15, 0.2) is 0 Å². The van der Waals surface area contributed by atoms with Crippen LogP contribution in [-0.4, -0.2) is 19.0 Å². The summed E-state index contributed by atoms with van der Waals surface area (Å²) in [4.78, 5) is 12.1. The Morgan fingerprint density at radius 2 is 2.25 bits per heavy atom. The fourth-order valence-corrected chi connectivity index (χ4v) is 2.37. The summed E-state index contributed by atoms with van der Waals surface area (Å²) in [5.74, 6) is 0.113. The molecule has 0 aliphatic carbocycles. The molecule has 1 amide bonds. The Hall–Kier alpha value is -0.620. The van der Waals surface area contributed by atoms with Crippen LogP contribution in [0.3, 0.4) is 0 Å². The van der Waals surface area contributed by atoms with Crippen molar-refractivity contribution in [1.29, 1.82) is 0 Å². The molecule has 1 aliphatic rings. The number of benzene rings is 1. The lowest BCUT2D eigenvalue weighted by Crippen LogP contribution is -2.35. The molecule has 2 N–H and O–H groups in total. The maximum absolute atomic E-state index is 12.1. The second kappa shape index (κ2) is 4.71. The van der Waals surface area contributed by atoms with E-state index in [4.69, 9.17) is 0 Å². The van der Waals surface area contributed by atoms with E-state index in [1.807, 2.05) is 31.2 Å². The topological polar surface area (TPSA) is 41.1 Å². The summed E-state index contributed by atoms with van der Waals surface area (Å²) in [5, 5.41) is 6.24. The minimum atomic E-state index is -0.265. The highest BCUT2D eigenvalue weighted by Crippen LogP contribution is 2.27. The highest BCUT2D eigenvalue weighted by molar-refractivity contribution is 14.1. The fraction of sp³-hybridized carbons (Fsp3) is 0.417. The number of halogens is 1. The molecular weight excluding hydrogens is 315 g/mol. The molecule has 0 saturated carbocycles. The van der Waals surface area contributed by atoms with E-state index < -0.39 is 0 Å². The van der Waals surface area contributed by atoms with Gasteiger partial charge in [-0.15, -0.1) is 0 Å². The first-order valence-corrected chi connectivity index (χ1v) is 6.46. The van der Waals surface area contributed by atoms with Crippen molar-refractivity contribution in [3.63, 3.8) is 0 Å². The number of para-hydroxylation sites is 1. The van der Waals surface area contributed by atoms with Gasteiger partial charge in [0.25, 0.3) is 0 Å². The van der Waals surface area contributed by atoms with Crippen molar-refractivity contribution in [3.8, 4) is 0 Å². The smallest absolute Gasteiger partial charge is 0.231 e. The summed E-state index contributed by atoms with van der Waals surface area (Å²) in [5.41, 5.74) is 0.639. The first-order chi connectivity index (χ1) is 7.62. The molecule has 1 unspecified atom stereocenters. The van der Waals surface area contributed by atoms with Crippen LogP contribution in [0.1, 0.15) is 13.3 Å². The van der Waals surface area contributed by atoms with Crippen LogP contribution in [0.15, 0.2) is 24.3 Å². The summed E-state index contributed by atoms with van der Waals surface area (Å²) >= 11 is 2.23. The Morgan fingerprint density at radius 1 is 1.50 bits per heavy atom. The molecule has 86 valence electrons. The molecule has 0 spiro atoms. The number of hydrogen-bond acceptors (Lipinski definition) is 2. The van der Waals surface area contributed by atoms with Crippen molar-refractivity contribution in [3.05, 3.63) is 27.8 Å². The largest absolute Gasteiger partial charge is 0.325 e. The third kappa shape index (κ3) is 2.38. The number of carbonyl (C=O) groups excluding carboxylic acids is 1. The predicted molar refractivity (Wildman–Crippen MR) is 73.4 cm³/mol. The maximum Gasteiger partial charge on any atom is 0.231 e. The van der Waals surface area contributed by atoms with Gasteiger partial charge in [0.05, 0.1) is 11.1 Å². The summed E-state index contributed by atoms with van der Waals surface area (Å²) in [6.45, 7) is 3.70. The molecule has 4 heteroatoms. The van der Waals surface area contributed by atoms with Crippen LogP contribution in [0, 0.1) is 8.99 Å². The monoisotopic (exact) mass is 330 g/mol. The zero-order valence-electron chi connectivity index (χ0n) is 9.22. The maximum atomic E-state index is 12.1. The molecule has 1 aliphatic heterocycles. The van der Waals surface area contributed by atoms with E-state index in [1.165, 1.54) is 0 Å². The van der Waals surface area contributed by atoms with Gasteiger partial charge in [-0.3, -0.25) is 4.79 Å². The fourth-order valence-electron chi connectivity index (χ4n) is 1.85. The van der Waals surface area contributed by atoms with Gasteiger partial charge in [-0.2, -0.15) is 0 Å². The van der Waals surface area contributed by atoms with Crippen molar-refractivity contribution in [1.82, 2.24) is 5.32 Å². The molecule has 2 rings (SSSR count). The molecule has 0 radical (unpaired) electrons. The highest BCUT2D eigenvalue weighted by atomic mass is 127.